The highest BCUT2D eigenvalue weighted by Crippen LogP contribution is 2.32. The topological polar surface area (TPSA) is 89.5 Å². The molecule has 4 aromatic rings. The van der Waals surface area contributed by atoms with E-state index in [1.54, 1.807) is 24.3 Å². The molecule has 0 bridgehead atoms. The number of thiazole rings is 1. The first kappa shape index (κ1) is 24.6. The Labute approximate surface area is 211 Å². The number of thioether (sulfide) groups is 1. The number of hydrogen-bond acceptors (Lipinski definition) is 7. The van der Waals surface area contributed by atoms with Crippen LogP contribution in [0.5, 0.6) is 11.5 Å². The highest BCUT2D eigenvalue weighted by Gasteiger charge is 2.21. The number of fused-ring (bicyclic) bond motifs is 1. The van der Waals surface area contributed by atoms with Crippen LogP contribution in [0, 0.1) is 0 Å². The molecule has 0 saturated carbocycles. The molecule has 1 unspecified atom stereocenters. The normalized spacial score (nSPS) is 11.6. The molecule has 9 heteroatoms. The zero-order valence-electron chi connectivity index (χ0n) is 19.5. The number of methoxy groups -OCH3 is 2. The monoisotopic (exact) mass is 507 g/mol. The van der Waals surface area contributed by atoms with Gasteiger partial charge in [-0.2, -0.15) is 0 Å². The van der Waals surface area contributed by atoms with Crippen LogP contribution >= 0.6 is 23.1 Å². The Kier molecular flexibility index (Phi) is 7.89. The molecule has 4 rings (SSSR count). The maximum atomic E-state index is 13.0. The van der Waals surface area contributed by atoms with E-state index in [2.05, 4.69) is 15.6 Å². The zero-order chi connectivity index (χ0) is 24.8. The zero-order valence-corrected chi connectivity index (χ0v) is 21.2. The molecule has 1 heterocycles. The highest BCUT2D eigenvalue weighted by molar-refractivity contribution is 8.00. The Bertz CT molecular complexity index is 1300. The van der Waals surface area contributed by atoms with Gasteiger partial charge in [0.1, 0.15) is 17.1 Å². The quantitative estimate of drug-likeness (QED) is 0.267. The Morgan fingerprint density at radius 3 is 2.37 bits per heavy atom. The summed E-state index contributed by atoms with van der Waals surface area (Å²) in [5, 5.41) is 6.12. The van der Waals surface area contributed by atoms with E-state index in [9.17, 15) is 9.59 Å². The first-order valence-corrected chi connectivity index (χ1v) is 12.7. The molecule has 0 saturated heterocycles. The molecule has 0 aliphatic carbocycles. The summed E-state index contributed by atoms with van der Waals surface area (Å²) in [6, 6.07) is 20.4. The van der Waals surface area contributed by atoms with Crippen molar-refractivity contribution in [3.05, 3.63) is 72.3 Å². The van der Waals surface area contributed by atoms with Gasteiger partial charge in [0.2, 0.25) is 5.91 Å². The Balaban J connectivity index is 1.46. The van der Waals surface area contributed by atoms with Gasteiger partial charge in [0.05, 0.1) is 29.7 Å². The third-order valence-corrected chi connectivity index (χ3v) is 7.52. The van der Waals surface area contributed by atoms with Crippen molar-refractivity contribution in [3.63, 3.8) is 0 Å². The molecular formula is C26H25N3O4S2. The first-order valence-electron chi connectivity index (χ1n) is 11.0. The molecule has 2 N–H and O–H groups in total. The lowest BCUT2D eigenvalue weighted by molar-refractivity contribution is -0.115. The fraction of sp³-hybridized carbons (Fsp3) is 0.192. The van der Waals surface area contributed by atoms with Crippen LogP contribution in [-0.2, 0) is 4.79 Å². The molecule has 1 atom stereocenters. The number of nitrogens with one attached hydrogen (secondary N) is 2. The molecule has 7 nitrogen and oxygen atoms in total. The Hall–Kier alpha value is -3.56. The number of nitrogens with zero attached hydrogens (tertiary/aromatic N) is 1. The van der Waals surface area contributed by atoms with Crippen LogP contribution in [-0.4, -0.2) is 36.3 Å². The average Bonchev–Trinajstić information content (AvgIpc) is 3.29. The van der Waals surface area contributed by atoms with Crippen molar-refractivity contribution in [2.45, 2.75) is 23.5 Å². The Morgan fingerprint density at radius 2 is 1.69 bits per heavy atom. The highest BCUT2D eigenvalue weighted by atomic mass is 32.2. The summed E-state index contributed by atoms with van der Waals surface area (Å²) in [5.74, 6) is 0.390. The molecule has 0 spiro atoms. The maximum absolute atomic E-state index is 13.0. The molecule has 0 aliphatic heterocycles. The minimum Gasteiger partial charge on any atom is -0.496 e. The van der Waals surface area contributed by atoms with Crippen LogP contribution in [0.3, 0.4) is 0 Å². The van der Waals surface area contributed by atoms with Crippen molar-refractivity contribution in [1.29, 1.82) is 0 Å². The number of ether oxygens (including phenoxy) is 2. The van der Waals surface area contributed by atoms with Gasteiger partial charge < -0.3 is 20.1 Å². The van der Waals surface area contributed by atoms with E-state index < -0.39 is 0 Å². The number of amides is 2. The van der Waals surface area contributed by atoms with Gasteiger partial charge in [0.15, 0.2) is 5.13 Å². The average molecular weight is 508 g/mol. The summed E-state index contributed by atoms with van der Waals surface area (Å²) in [6.45, 7) is 1.97. The van der Waals surface area contributed by atoms with Crippen LogP contribution in [0.25, 0.3) is 10.2 Å². The summed E-state index contributed by atoms with van der Waals surface area (Å²) < 4.78 is 11.7. The van der Waals surface area contributed by atoms with Gasteiger partial charge in [-0.15, -0.1) is 11.8 Å². The van der Waals surface area contributed by atoms with Crippen molar-refractivity contribution in [2.75, 3.05) is 24.9 Å². The summed E-state index contributed by atoms with van der Waals surface area (Å²) in [5.41, 5.74) is 1.79. The lowest BCUT2D eigenvalue weighted by Crippen LogP contribution is -2.24. The predicted molar refractivity (Wildman–Crippen MR) is 142 cm³/mol. The van der Waals surface area contributed by atoms with Crippen molar-refractivity contribution in [1.82, 2.24) is 4.98 Å². The van der Waals surface area contributed by atoms with E-state index in [0.29, 0.717) is 34.3 Å². The molecule has 2 amide bonds. The van der Waals surface area contributed by atoms with E-state index in [1.807, 2.05) is 49.4 Å². The van der Waals surface area contributed by atoms with E-state index in [-0.39, 0.29) is 17.1 Å². The van der Waals surface area contributed by atoms with Gasteiger partial charge in [-0.05, 0) is 48.9 Å². The number of carbonyl (C=O) groups excluding carboxylic acids is 2. The standard InChI is InChI=1S/C26H25N3O4S2/c1-4-21(24(30)29-26-28-18-11-5-6-14-22(18)35-26)34-17-10-7-9-16(15-17)27-25(31)23-19(32-2)12-8-13-20(23)33-3/h5-15,21H,4H2,1-3H3,(H,27,31)(H,28,29,30). The van der Waals surface area contributed by atoms with E-state index in [0.717, 1.165) is 15.1 Å². The van der Waals surface area contributed by atoms with Gasteiger partial charge in [-0.3, -0.25) is 9.59 Å². The van der Waals surface area contributed by atoms with Gasteiger partial charge in [-0.25, -0.2) is 4.98 Å². The number of anilines is 2. The lowest BCUT2D eigenvalue weighted by Gasteiger charge is -2.15. The maximum Gasteiger partial charge on any atom is 0.263 e. The third-order valence-electron chi connectivity index (χ3n) is 5.21. The van der Waals surface area contributed by atoms with Crippen molar-refractivity contribution in [3.8, 4) is 11.5 Å². The van der Waals surface area contributed by atoms with Gasteiger partial charge in [0.25, 0.3) is 5.91 Å². The number of para-hydroxylation sites is 1. The SMILES string of the molecule is CCC(Sc1cccc(NC(=O)c2c(OC)cccc2OC)c1)C(=O)Nc1nc2ccccc2s1. The third kappa shape index (κ3) is 5.75. The molecular weight excluding hydrogens is 482 g/mol. The first-order chi connectivity index (χ1) is 17.0. The summed E-state index contributed by atoms with van der Waals surface area (Å²) >= 11 is 2.89. The smallest absolute Gasteiger partial charge is 0.263 e. The van der Waals surface area contributed by atoms with E-state index >= 15 is 0 Å². The number of aromatic nitrogens is 1. The Morgan fingerprint density at radius 1 is 0.971 bits per heavy atom. The van der Waals surface area contributed by atoms with Crippen LogP contribution in [0.4, 0.5) is 10.8 Å². The molecule has 0 fully saturated rings. The van der Waals surface area contributed by atoms with Crippen LogP contribution in [0.2, 0.25) is 0 Å². The summed E-state index contributed by atoms with van der Waals surface area (Å²) in [4.78, 5) is 31.3. The van der Waals surface area contributed by atoms with Gasteiger partial charge >= 0.3 is 0 Å². The largest absolute Gasteiger partial charge is 0.496 e. The lowest BCUT2D eigenvalue weighted by atomic mass is 10.1. The minimum absolute atomic E-state index is 0.107. The predicted octanol–water partition coefficient (Wildman–Crippen LogP) is 6.08. The van der Waals surface area contributed by atoms with E-state index in [1.165, 1.54) is 37.3 Å². The molecule has 35 heavy (non-hydrogen) atoms. The molecule has 1 aromatic heterocycles. The number of rotatable bonds is 9. The van der Waals surface area contributed by atoms with Crippen LogP contribution < -0.4 is 20.1 Å². The van der Waals surface area contributed by atoms with Crippen LogP contribution in [0.1, 0.15) is 23.7 Å². The summed E-state index contributed by atoms with van der Waals surface area (Å²) in [7, 11) is 3.01. The van der Waals surface area contributed by atoms with Gasteiger partial charge in [-0.1, -0.05) is 42.5 Å². The van der Waals surface area contributed by atoms with Crippen LogP contribution in [0.15, 0.2) is 71.6 Å². The molecule has 180 valence electrons. The number of hydrogen-bond donors (Lipinski definition) is 2. The molecule has 0 aliphatic rings. The number of benzene rings is 3. The van der Waals surface area contributed by atoms with Crippen molar-refractivity contribution >= 4 is 55.9 Å². The van der Waals surface area contributed by atoms with E-state index in [4.69, 9.17) is 9.47 Å². The van der Waals surface area contributed by atoms with Crippen molar-refractivity contribution < 1.29 is 19.1 Å². The second kappa shape index (κ2) is 11.2. The fourth-order valence-corrected chi connectivity index (χ4v) is 5.40. The number of carbonyl (C=O) groups is 2. The second-order valence-corrected chi connectivity index (χ2v) is 9.82. The summed E-state index contributed by atoms with van der Waals surface area (Å²) in [6.07, 6.45) is 0.635. The second-order valence-electron chi connectivity index (χ2n) is 7.51. The minimum atomic E-state index is -0.345. The van der Waals surface area contributed by atoms with Crippen molar-refractivity contribution in [2.24, 2.45) is 0 Å². The molecule has 3 aromatic carbocycles. The molecule has 0 radical (unpaired) electrons. The van der Waals surface area contributed by atoms with Gasteiger partial charge in [0, 0.05) is 10.6 Å². The fourth-order valence-electron chi connectivity index (χ4n) is 3.51.